The van der Waals surface area contributed by atoms with Crippen molar-refractivity contribution in [3.05, 3.63) is 46.9 Å². The number of fused-ring (bicyclic) bond motifs is 5. The summed E-state index contributed by atoms with van der Waals surface area (Å²) in [6.45, 7) is 3.07. The van der Waals surface area contributed by atoms with Crippen molar-refractivity contribution in [3.63, 3.8) is 0 Å². The fraction of sp³-hybridized carbons (Fsp3) is 0.423. The molecule has 0 N–H and O–H groups in total. The Bertz CT molecular complexity index is 1320. The Morgan fingerprint density at radius 2 is 1.85 bits per heavy atom. The Hall–Kier alpha value is -2.93. The number of likely N-dealkylation sites (N-methyl/N-ethyl adjacent to an activating group) is 1. The number of pyridine rings is 1. The molecule has 0 aliphatic heterocycles. The lowest BCUT2D eigenvalue weighted by Crippen LogP contribution is -2.21. The summed E-state index contributed by atoms with van der Waals surface area (Å²) >= 11 is 1.74. The van der Waals surface area contributed by atoms with Gasteiger partial charge in [-0.2, -0.15) is 0 Å². The van der Waals surface area contributed by atoms with Crippen molar-refractivity contribution < 1.29 is 9.47 Å². The summed E-state index contributed by atoms with van der Waals surface area (Å²) in [7, 11) is 5.43. The maximum atomic E-state index is 5.46. The number of hydrogen-bond acceptors (Lipinski definition) is 7. The Morgan fingerprint density at radius 1 is 1.03 bits per heavy atom. The molecule has 3 heterocycles. The van der Waals surface area contributed by atoms with Crippen LogP contribution < -0.4 is 14.4 Å². The predicted molar refractivity (Wildman–Crippen MR) is 135 cm³/mol. The number of aryl methyl sites for hydroxylation is 2. The van der Waals surface area contributed by atoms with E-state index in [0.717, 1.165) is 71.0 Å². The van der Waals surface area contributed by atoms with Crippen molar-refractivity contribution in [1.29, 1.82) is 0 Å². The highest BCUT2D eigenvalue weighted by Crippen LogP contribution is 2.42. The fourth-order valence-corrected chi connectivity index (χ4v) is 6.14. The molecule has 0 amide bonds. The van der Waals surface area contributed by atoms with Crippen LogP contribution in [0.3, 0.4) is 0 Å². The molecule has 172 valence electrons. The molecule has 7 heteroatoms. The molecule has 6 nitrogen and oxygen atoms in total. The van der Waals surface area contributed by atoms with Crippen molar-refractivity contribution in [2.24, 2.45) is 0 Å². The first-order valence-electron chi connectivity index (χ1n) is 11.6. The second kappa shape index (κ2) is 9.14. The summed E-state index contributed by atoms with van der Waals surface area (Å²) in [5.41, 5.74) is 6.51. The zero-order valence-electron chi connectivity index (χ0n) is 19.8. The Balaban J connectivity index is 1.48. The number of thiophene rings is 1. The first-order valence-corrected chi connectivity index (χ1v) is 12.5. The van der Waals surface area contributed by atoms with Crippen molar-refractivity contribution in [1.82, 2.24) is 15.0 Å². The van der Waals surface area contributed by atoms with Crippen LogP contribution in [-0.4, -0.2) is 42.8 Å². The lowest BCUT2D eigenvalue weighted by atomic mass is 10.0. The SMILES string of the molecule is CCCc1nc2sc3c(N(C)CCc4ccc(OC)c(OC)c4)ncnc3c2c2c1CCC2. The largest absolute Gasteiger partial charge is 0.493 e. The topological polar surface area (TPSA) is 60.4 Å². The molecule has 3 aromatic heterocycles. The van der Waals surface area contributed by atoms with Crippen LogP contribution in [0.4, 0.5) is 5.82 Å². The molecular formula is C26H30N4O2S. The summed E-state index contributed by atoms with van der Waals surface area (Å²) in [6.07, 6.45) is 8.25. The normalized spacial score (nSPS) is 13.0. The molecule has 0 spiro atoms. The molecule has 0 unspecified atom stereocenters. The summed E-state index contributed by atoms with van der Waals surface area (Å²) in [5.74, 6) is 2.49. The third-order valence-electron chi connectivity index (χ3n) is 6.57. The van der Waals surface area contributed by atoms with Gasteiger partial charge in [0, 0.05) is 24.7 Å². The van der Waals surface area contributed by atoms with E-state index in [2.05, 4.69) is 29.9 Å². The van der Waals surface area contributed by atoms with E-state index in [9.17, 15) is 0 Å². The first kappa shape index (κ1) is 21.9. The Labute approximate surface area is 198 Å². The van der Waals surface area contributed by atoms with Gasteiger partial charge in [0.25, 0.3) is 0 Å². The molecule has 0 bridgehead atoms. The maximum absolute atomic E-state index is 5.46. The third kappa shape index (κ3) is 3.88. The number of ether oxygens (including phenoxy) is 2. The van der Waals surface area contributed by atoms with Crippen LogP contribution in [0.15, 0.2) is 24.5 Å². The van der Waals surface area contributed by atoms with Crippen molar-refractivity contribution >= 4 is 37.6 Å². The number of rotatable bonds is 8. The summed E-state index contributed by atoms with van der Waals surface area (Å²) < 4.78 is 12.0. The minimum Gasteiger partial charge on any atom is -0.493 e. The predicted octanol–water partition coefficient (Wildman–Crippen LogP) is 5.38. The van der Waals surface area contributed by atoms with Gasteiger partial charge in [0.15, 0.2) is 11.5 Å². The van der Waals surface area contributed by atoms with Gasteiger partial charge < -0.3 is 14.4 Å². The number of nitrogens with zero attached hydrogens (tertiary/aromatic N) is 4. The average Bonchev–Trinajstić information content (AvgIpc) is 3.46. The lowest BCUT2D eigenvalue weighted by Gasteiger charge is -2.19. The molecular weight excluding hydrogens is 432 g/mol. The molecule has 0 saturated carbocycles. The van der Waals surface area contributed by atoms with Gasteiger partial charge in [-0.25, -0.2) is 15.0 Å². The summed E-state index contributed by atoms with van der Waals surface area (Å²) in [4.78, 5) is 17.9. The smallest absolute Gasteiger partial charge is 0.160 e. The summed E-state index contributed by atoms with van der Waals surface area (Å²) in [5, 5.41) is 1.26. The molecule has 5 rings (SSSR count). The van der Waals surface area contributed by atoms with Crippen molar-refractivity contribution in [3.8, 4) is 11.5 Å². The van der Waals surface area contributed by atoms with E-state index in [4.69, 9.17) is 19.4 Å². The average molecular weight is 463 g/mol. The minimum absolute atomic E-state index is 0.750. The van der Waals surface area contributed by atoms with Gasteiger partial charge in [-0.1, -0.05) is 19.4 Å². The third-order valence-corrected chi connectivity index (χ3v) is 7.64. The minimum atomic E-state index is 0.750. The van der Waals surface area contributed by atoms with Crippen molar-refractivity contribution in [2.75, 3.05) is 32.7 Å². The van der Waals surface area contributed by atoms with Crippen LogP contribution in [0, 0.1) is 0 Å². The van der Waals surface area contributed by atoms with Gasteiger partial charge in [0.05, 0.1) is 24.4 Å². The van der Waals surface area contributed by atoms with Gasteiger partial charge in [-0.05, 0) is 60.9 Å². The molecule has 0 saturated heterocycles. The van der Waals surface area contributed by atoms with Gasteiger partial charge >= 0.3 is 0 Å². The monoisotopic (exact) mass is 462 g/mol. The quantitative estimate of drug-likeness (QED) is 0.351. The number of aromatic nitrogens is 3. The number of hydrogen-bond donors (Lipinski definition) is 0. The second-order valence-corrected chi connectivity index (χ2v) is 9.64. The number of methoxy groups -OCH3 is 2. The van der Waals surface area contributed by atoms with E-state index in [1.54, 1.807) is 31.9 Å². The van der Waals surface area contributed by atoms with Gasteiger partial charge in [0.1, 0.15) is 17.0 Å². The molecule has 1 aromatic carbocycles. The first-order chi connectivity index (χ1) is 16.1. The standard InChI is InChI=1S/C26H30N4O2S/c1-5-7-19-17-8-6-9-18(17)22-23-24(33-26(22)29-19)25(28-15-27-23)30(2)13-12-16-10-11-20(31-3)21(14-16)32-4/h10-11,14-15H,5-9,12-13H2,1-4H3. The van der Waals surface area contributed by atoms with Crippen LogP contribution in [0.25, 0.3) is 20.4 Å². The van der Waals surface area contributed by atoms with Crippen molar-refractivity contribution in [2.45, 2.75) is 45.4 Å². The highest BCUT2D eigenvalue weighted by Gasteiger charge is 2.24. The maximum Gasteiger partial charge on any atom is 0.160 e. The fourth-order valence-electron chi connectivity index (χ4n) is 4.92. The molecule has 0 atom stereocenters. The van der Waals surface area contributed by atoms with Gasteiger partial charge in [0.2, 0.25) is 0 Å². The molecule has 0 radical (unpaired) electrons. The highest BCUT2D eigenvalue weighted by molar-refractivity contribution is 7.26. The van der Waals surface area contributed by atoms with E-state index in [1.165, 1.54) is 34.2 Å². The Morgan fingerprint density at radius 3 is 2.64 bits per heavy atom. The van der Waals surface area contributed by atoms with Crippen LogP contribution in [0.2, 0.25) is 0 Å². The van der Waals surface area contributed by atoms with E-state index >= 15 is 0 Å². The van der Waals surface area contributed by atoms with E-state index < -0.39 is 0 Å². The summed E-state index contributed by atoms with van der Waals surface area (Å²) in [6, 6.07) is 6.10. The van der Waals surface area contributed by atoms with Crippen LogP contribution in [0.1, 0.15) is 42.1 Å². The van der Waals surface area contributed by atoms with E-state index in [1.807, 2.05) is 12.1 Å². The van der Waals surface area contributed by atoms with Gasteiger partial charge in [-0.3, -0.25) is 0 Å². The zero-order valence-corrected chi connectivity index (χ0v) is 20.6. The molecule has 1 aliphatic carbocycles. The molecule has 1 aliphatic rings. The van der Waals surface area contributed by atoms with Crippen LogP contribution >= 0.6 is 11.3 Å². The van der Waals surface area contributed by atoms with Crippen LogP contribution in [-0.2, 0) is 25.7 Å². The zero-order chi connectivity index (χ0) is 22.9. The Kier molecular flexibility index (Phi) is 6.06. The van der Waals surface area contributed by atoms with E-state index in [-0.39, 0.29) is 0 Å². The van der Waals surface area contributed by atoms with E-state index in [0.29, 0.717) is 0 Å². The second-order valence-electron chi connectivity index (χ2n) is 8.64. The number of anilines is 1. The van der Waals surface area contributed by atoms with Gasteiger partial charge in [-0.15, -0.1) is 11.3 Å². The molecule has 0 fully saturated rings. The van der Waals surface area contributed by atoms with Crippen LogP contribution in [0.5, 0.6) is 11.5 Å². The molecule has 33 heavy (non-hydrogen) atoms. The number of benzene rings is 1. The molecule has 4 aromatic rings. The lowest BCUT2D eigenvalue weighted by molar-refractivity contribution is 0.354. The highest BCUT2D eigenvalue weighted by atomic mass is 32.1.